The number of hydrogen-bond donors (Lipinski definition) is 1. The Kier molecular flexibility index (Phi) is 5.33. The summed E-state index contributed by atoms with van der Waals surface area (Å²) in [6, 6.07) is 7.80. The summed E-state index contributed by atoms with van der Waals surface area (Å²) in [7, 11) is 1.64. The zero-order valence-corrected chi connectivity index (χ0v) is 12.2. The minimum atomic E-state index is -0.755. The molecule has 1 saturated heterocycles. The number of carboxylic acid groups (broad SMARTS) is 1. The molecule has 0 atom stereocenters. The number of rotatable bonds is 5. The number of hydrogen-bond acceptors (Lipinski definition) is 3. The van der Waals surface area contributed by atoms with Gasteiger partial charge in [-0.3, -0.25) is 9.59 Å². The Hall–Kier alpha value is -1.88. The highest BCUT2D eigenvalue weighted by atomic mass is 16.5. The molecule has 0 spiro atoms. The zero-order valence-electron chi connectivity index (χ0n) is 12.2. The first-order chi connectivity index (χ1) is 10.1. The number of carbonyl (C=O) groups excluding carboxylic acids is 1. The van der Waals surface area contributed by atoms with Crippen LogP contribution in [0.3, 0.4) is 0 Å². The molecule has 1 amide bonds. The van der Waals surface area contributed by atoms with E-state index in [1.54, 1.807) is 12.0 Å². The minimum Gasteiger partial charge on any atom is -0.481 e. The number of ether oxygens (including phenoxy) is 1. The van der Waals surface area contributed by atoms with Gasteiger partial charge in [-0.25, -0.2) is 0 Å². The summed E-state index contributed by atoms with van der Waals surface area (Å²) in [5, 5.41) is 8.96. The third kappa shape index (κ3) is 4.29. The highest BCUT2D eigenvalue weighted by Gasteiger charge is 2.26. The molecular formula is C16H21NO4. The third-order valence-electron chi connectivity index (χ3n) is 3.85. The molecule has 114 valence electrons. The summed E-state index contributed by atoms with van der Waals surface area (Å²) < 4.78 is 5.09. The van der Waals surface area contributed by atoms with Crippen molar-refractivity contribution < 1.29 is 19.4 Å². The van der Waals surface area contributed by atoms with Crippen molar-refractivity contribution in [2.75, 3.05) is 20.2 Å². The number of aliphatic carboxylic acids is 1. The average Bonchev–Trinajstić information content (AvgIpc) is 2.48. The van der Waals surface area contributed by atoms with Gasteiger partial charge in [0, 0.05) is 20.2 Å². The van der Waals surface area contributed by atoms with Gasteiger partial charge >= 0.3 is 5.97 Å². The molecule has 1 aromatic carbocycles. The predicted molar refractivity (Wildman–Crippen MR) is 77.8 cm³/mol. The Morgan fingerprint density at radius 2 is 1.95 bits per heavy atom. The zero-order chi connectivity index (χ0) is 15.2. The van der Waals surface area contributed by atoms with Gasteiger partial charge in [0.05, 0.1) is 18.9 Å². The Labute approximate surface area is 124 Å². The van der Waals surface area contributed by atoms with E-state index >= 15 is 0 Å². The molecule has 5 nitrogen and oxygen atoms in total. The van der Waals surface area contributed by atoms with Gasteiger partial charge in [0.15, 0.2) is 0 Å². The van der Waals surface area contributed by atoms with Crippen LogP contribution in [-0.4, -0.2) is 42.1 Å². The lowest BCUT2D eigenvalue weighted by Crippen LogP contribution is -2.40. The summed E-state index contributed by atoms with van der Waals surface area (Å²) in [5.74, 6) is -0.998. The molecule has 1 aliphatic rings. The summed E-state index contributed by atoms with van der Waals surface area (Å²) in [6.07, 6.45) is 1.45. The van der Waals surface area contributed by atoms with Crippen molar-refractivity contribution in [2.24, 2.45) is 5.92 Å². The number of likely N-dealkylation sites (tertiary alicyclic amines) is 1. The van der Waals surface area contributed by atoms with Gasteiger partial charge in [-0.2, -0.15) is 0 Å². The monoisotopic (exact) mass is 291 g/mol. The Bertz CT molecular complexity index is 507. The van der Waals surface area contributed by atoms with E-state index in [1.807, 2.05) is 24.3 Å². The first kappa shape index (κ1) is 15.5. The Balaban J connectivity index is 1.90. The fourth-order valence-corrected chi connectivity index (χ4v) is 2.66. The fraction of sp³-hybridized carbons (Fsp3) is 0.500. The van der Waals surface area contributed by atoms with E-state index in [-0.39, 0.29) is 11.8 Å². The first-order valence-corrected chi connectivity index (χ1v) is 7.17. The molecule has 1 fully saturated rings. The number of carbonyl (C=O) groups is 2. The molecule has 1 N–H and O–H groups in total. The normalized spacial score (nSPS) is 16.0. The standard InChI is InChI=1S/C16H21NO4/c1-21-11-13-4-2-3-12(9-13)10-15(18)17-7-5-14(6-8-17)16(19)20/h2-4,9,14H,5-8,10-11H2,1H3,(H,19,20). The van der Waals surface area contributed by atoms with Crippen molar-refractivity contribution in [2.45, 2.75) is 25.9 Å². The van der Waals surface area contributed by atoms with Gasteiger partial charge in [-0.15, -0.1) is 0 Å². The van der Waals surface area contributed by atoms with Crippen LogP contribution in [0.5, 0.6) is 0 Å². The molecule has 5 heteroatoms. The third-order valence-corrected chi connectivity index (χ3v) is 3.85. The van der Waals surface area contributed by atoms with Crippen molar-refractivity contribution >= 4 is 11.9 Å². The van der Waals surface area contributed by atoms with Crippen molar-refractivity contribution in [3.63, 3.8) is 0 Å². The number of piperidine rings is 1. The van der Waals surface area contributed by atoms with Gasteiger partial charge in [-0.1, -0.05) is 24.3 Å². The van der Waals surface area contributed by atoms with Gasteiger partial charge in [0.1, 0.15) is 0 Å². The average molecular weight is 291 g/mol. The van der Waals surface area contributed by atoms with E-state index in [0.29, 0.717) is 39.0 Å². The fourth-order valence-electron chi connectivity index (χ4n) is 2.66. The van der Waals surface area contributed by atoms with Crippen LogP contribution in [0.25, 0.3) is 0 Å². The van der Waals surface area contributed by atoms with Crippen LogP contribution in [0.1, 0.15) is 24.0 Å². The highest BCUT2D eigenvalue weighted by molar-refractivity contribution is 5.79. The summed E-state index contributed by atoms with van der Waals surface area (Å²) in [5.41, 5.74) is 2.02. The van der Waals surface area contributed by atoms with Gasteiger partial charge in [-0.05, 0) is 24.0 Å². The Morgan fingerprint density at radius 3 is 2.57 bits per heavy atom. The van der Waals surface area contributed by atoms with Crippen molar-refractivity contribution in [3.8, 4) is 0 Å². The van der Waals surface area contributed by atoms with Crippen LogP contribution in [0.4, 0.5) is 0 Å². The molecule has 2 rings (SSSR count). The second-order valence-corrected chi connectivity index (χ2v) is 5.42. The molecule has 1 heterocycles. The molecule has 21 heavy (non-hydrogen) atoms. The molecule has 0 saturated carbocycles. The smallest absolute Gasteiger partial charge is 0.306 e. The number of amides is 1. The van der Waals surface area contributed by atoms with Crippen molar-refractivity contribution in [1.82, 2.24) is 4.90 Å². The molecule has 0 aliphatic carbocycles. The lowest BCUT2D eigenvalue weighted by Gasteiger charge is -2.30. The molecule has 0 unspecified atom stereocenters. The highest BCUT2D eigenvalue weighted by Crippen LogP contribution is 2.18. The molecule has 1 aromatic rings. The number of benzene rings is 1. The van der Waals surface area contributed by atoms with Crippen LogP contribution in [0.2, 0.25) is 0 Å². The lowest BCUT2D eigenvalue weighted by atomic mass is 9.96. The maximum absolute atomic E-state index is 12.3. The van der Waals surface area contributed by atoms with E-state index in [4.69, 9.17) is 9.84 Å². The molecule has 0 aromatic heterocycles. The van der Waals surface area contributed by atoms with E-state index in [9.17, 15) is 9.59 Å². The Morgan fingerprint density at radius 1 is 1.29 bits per heavy atom. The van der Waals surface area contributed by atoms with Crippen LogP contribution in [-0.2, 0) is 27.4 Å². The van der Waals surface area contributed by atoms with E-state index < -0.39 is 5.97 Å². The maximum atomic E-state index is 12.3. The number of carboxylic acids is 1. The topological polar surface area (TPSA) is 66.8 Å². The van der Waals surface area contributed by atoms with E-state index in [1.165, 1.54) is 0 Å². The van der Waals surface area contributed by atoms with Gasteiger partial charge in [0.25, 0.3) is 0 Å². The van der Waals surface area contributed by atoms with Crippen LogP contribution in [0, 0.1) is 5.92 Å². The first-order valence-electron chi connectivity index (χ1n) is 7.17. The largest absolute Gasteiger partial charge is 0.481 e. The van der Waals surface area contributed by atoms with E-state index in [2.05, 4.69) is 0 Å². The lowest BCUT2D eigenvalue weighted by molar-refractivity contribution is -0.145. The number of methoxy groups -OCH3 is 1. The van der Waals surface area contributed by atoms with Crippen LogP contribution >= 0.6 is 0 Å². The van der Waals surface area contributed by atoms with Crippen molar-refractivity contribution in [3.05, 3.63) is 35.4 Å². The number of nitrogens with zero attached hydrogens (tertiary/aromatic N) is 1. The minimum absolute atomic E-state index is 0.0633. The molecule has 1 aliphatic heterocycles. The molecule has 0 radical (unpaired) electrons. The summed E-state index contributed by atoms with van der Waals surface area (Å²) in [4.78, 5) is 24.9. The molecule has 0 bridgehead atoms. The second kappa shape index (κ2) is 7.22. The van der Waals surface area contributed by atoms with Crippen LogP contribution < -0.4 is 0 Å². The van der Waals surface area contributed by atoms with Crippen molar-refractivity contribution in [1.29, 1.82) is 0 Å². The quantitative estimate of drug-likeness (QED) is 0.896. The van der Waals surface area contributed by atoms with Gasteiger partial charge in [0.2, 0.25) is 5.91 Å². The van der Waals surface area contributed by atoms with E-state index in [0.717, 1.165) is 11.1 Å². The second-order valence-electron chi connectivity index (χ2n) is 5.42. The maximum Gasteiger partial charge on any atom is 0.306 e. The summed E-state index contributed by atoms with van der Waals surface area (Å²) in [6.45, 7) is 1.60. The summed E-state index contributed by atoms with van der Waals surface area (Å²) >= 11 is 0. The van der Waals surface area contributed by atoms with Gasteiger partial charge < -0.3 is 14.7 Å². The molecular weight excluding hydrogens is 270 g/mol. The SMILES string of the molecule is COCc1cccc(CC(=O)N2CCC(C(=O)O)CC2)c1. The predicted octanol–water partition coefficient (Wildman–Crippen LogP) is 1.70. The van der Waals surface area contributed by atoms with Crippen LogP contribution in [0.15, 0.2) is 24.3 Å².